The van der Waals surface area contributed by atoms with Crippen molar-refractivity contribution >= 4 is 35.0 Å². The first-order valence-corrected chi connectivity index (χ1v) is 5.23. The molecule has 0 heterocycles. The molecule has 92 valence electrons. The van der Waals surface area contributed by atoms with Crippen LogP contribution in [0.1, 0.15) is 27.7 Å². The first-order valence-electron chi connectivity index (χ1n) is 5.97. The Labute approximate surface area is 112 Å². The Kier molecular flexibility index (Phi) is 3.37. The molecule has 1 aromatic rings. The Morgan fingerprint density at radius 1 is 1.41 bits per heavy atom. The van der Waals surface area contributed by atoms with Gasteiger partial charge in [-0.25, -0.2) is 4.79 Å². The lowest BCUT2D eigenvalue weighted by atomic mass is 10.1. The van der Waals surface area contributed by atoms with Gasteiger partial charge in [0.25, 0.3) is 0 Å². The van der Waals surface area contributed by atoms with Crippen LogP contribution in [-0.4, -0.2) is 23.5 Å². The van der Waals surface area contributed by atoms with Gasteiger partial charge in [-0.1, -0.05) is 30.1 Å². The Morgan fingerprint density at radius 2 is 2.12 bits per heavy atom. The van der Waals surface area contributed by atoms with E-state index in [-0.39, 0.29) is 21.4 Å². The van der Waals surface area contributed by atoms with E-state index in [1.165, 1.54) is 12.1 Å². The molecule has 0 amide bonds. The SMILES string of the molecule is [2H]C([2H])([2H])CC(=O)c1ccc(OCC(=O)O)c(Cl)c1Cl. The molecule has 1 N–H and O–H groups in total. The number of hydrogen-bond donors (Lipinski definition) is 1. The van der Waals surface area contributed by atoms with E-state index >= 15 is 0 Å². The third-order valence-electron chi connectivity index (χ3n) is 1.86. The van der Waals surface area contributed by atoms with Crippen LogP contribution in [-0.2, 0) is 4.79 Å². The van der Waals surface area contributed by atoms with Crippen LogP contribution in [0.3, 0.4) is 0 Å². The first kappa shape index (κ1) is 9.74. The molecule has 0 bridgehead atoms. The number of ether oxygens (including phenoxy) is 1. The highest BCUT2D eigenvalue weighted by Gasteiger charge is 2.15. The zero-order valence-electron chi connectivity index (χ0n) is 11.5. The number of halogens is 2. The van der Waals surface area contributed by atoms with Crippen LogP contribution in [0, 0.1) is 0 Å². The average molecular weight is 280 g/mol. The van der Waals surface area contributed by atoms with Gasteiger partial charge < -0.3 is 9.84 Å². The van der Waals surface area contributed by atoms with E-state index in [0.717, 1.165) is 0 Å². The molecular weight excluding hydrogens is 267 g/mol. The minimum Gasteiger partial charge on any atom is -0.480 e. The van der Waals surface area contributed by atoms with Crippen LogP contribution < -0.4 is 4.74 Å². The molecule has 0 aliphatic heterocycles. The van der Waals surface area contributed by atoms with Gasteiger partial charge in [0, 0.05) is 16.1 Å². The number of ketones is 1. The van der Waals surface area contributed by atoms with Crippen molar-refractivity contribution in [2.45, 2.75) is 13.3 Å². The van der Waals surface area contributed by atoms with Crippen molar-refractivity contribution in [1.82, 2.24) is 0 Å². The van der Waals surface area contributed by atoms with Crippen LogP contribution in [0.25, 0.3) is 0 Å². The van der Waals surface area contributed by atoms with Crippen LogP contribution in [0.15, 0.2) is 12.1 Å². The second kappa shape index (κ2) is 5.89. The molecule has 0 atom stereocenters. The van der Waals surface area contributed by atoms with Gasteiger partial charge in [0.1, 0.15) is 10.8 Å². The van der Waals surface area contributed by atoms with Crippen molar-refractivity contribution in [1.29, 1.82) is 0 Å². The van der Waals surface area contributed by atoms with Gasteiger partial charge in [-0.3, -0.25) is 4.79 Å². The fourth-order valence-electron chi connectivity index (χ4n) is 1.09. The third-order valence-corrected chi connectivity index (χ3v) is 2.72. The summed E-state index contributed by atoms with van der Waals surface area (Å²) >= 11 is 11.7. The molecule has 0 saturated carbocycles. The van der Waals surface area contributed by atoms with Crippen LogP contribution in [0.2, 0.25) is 10.0 Å². The van der Waals surface area contributed by atoms with Crippen LogP contribution in [0.4, 0.5) is 0 Å². The maximum absolute atomic E-state index is 11.8. The number of aliphatic carboxylic acids is 1. The first-order chi connectivity index (χ1) is 9.11. The van der Waals surface area contributed by atoms with E-state index in [1.54, 1.807) is 0 Å². The zero-order valence-corrected chi connectivity index (χ0v) is 10.0. The lowest BCUT2D eigenvalue weighted by Crippen LogP contribution is -2.10. The number of carbonyl (C=O) groups is 2. The fourth-order valence-corrected chi connectivity index (χ4v) is 1.57. The van der Waals surface area contributed by atoms with Crippen molar-refractivity contribution in [3.63, 3.8) is 0 Å². The molecule has 0 fully saturated rings. The highest BCUT2D eigenvalue weighted by molar-refractivity contribution is 6.44. The van der Waals surface area contributed by atoms with Gasteiger partial charge in [0.2, 0.25) is 0 Å². The summed E-state index contributed by atoms with van der Waals surface area (Å²) in [6, 6.07) is 2.52. The van der Waals surface area contributed by atoms with Gasteiger partial charge in [-0.05, 0) is 12.1 Å². The second-order valence-electron chi connectivity index (χ2n) is 3.02. The number of carboxylic acids is 1. The predicted octanol–water partition coefficient (Wildman–Crippen LogP) is 3.05. The molecule has 1 rings (SSSR count). The van der Waals surface area contributed by atoms with Crippen molar-refractivity contribution in [3.8, 4) is 5.75 Å². The fraction of sp³-hybridized carbons (Fsp3) is 0.273. The zero-order chi connectivity index (χ0) is 15.5. The van der Waals surface area contributed by atoms with E-state index in [0.29, 0.717) is 0 Å². The summed E-state index contributed by atoms with van der Waals surface area (Å²) in [7, 11) is 0. The molecule has 0 aliphatic carbocycles. The number of carbonyl (C=O) groups excluding carboxylic acids is 1. The molecule has 0 unspecified atom stereocenters. The lowest BCUT2D eigenvalue weighted by Gasteiger charge is -2.09. The van der Waals surface area contributed by atoms with Gasteiger partial charge >= 0.3 is 5.97 Å². The monoisotopic (exact) mass is 279 g/mol. The molecule has 6 heteroatoms. The Morgan fingerprint density at radius 3 is 2.71 bits per heavy atom. The van der Waals surface area contributed by atoms with E-state index in [2.05, 4.69) is 0 Å². The normalized spacial score (nSPS) is 13.4. The summed E-state index contributed by atoms with van der Waals surface area (Å²) in [5.74, 6) is -1.87. The molecule has 17 heavy (non-hydrogen) atoms. The summed E-state index contributed by atoms with van der Waals surface area (Å²) in [5, 5.41) is 8.19. The molecule has 0 saturated heterocycles. The molecule has 4 nitrogen and oxygen atoms in total. The minimum absolute atomic E-state index is 0.00417. The maximum Gasteiger partial charge on any atom is 0.341 e. The van der Waals surface area contributed by atoms with Gasteiger partial charge in [0.15, 0.2) is 12.4 Å². The van der Waals surface area contributed by atoms with Crippen molar-refractivity contribution in [2.24, 2.45) is 0 Å². The number of hydrogen-bond acceptors (Lipinski definition) is 3. The molecular formula is C11H10Cl2O4. The molecule has 1 aromatic carbocycles. The summed E-state index contributed by atoms with van der Waals surface area (Å²) in [4.78, 5) is 22.2. The second-order valence-corrected chi connectivity index (χ2v) is 3.78. The van der Waals surface area contributed by atoms with Crippen LogP contribution in [0.5, 0.6) is 5.75 Å². The van der Waals surface area contributed by atoms with E-state index in [4.69, 9.17) is 37.2 Å². The average Bonchev–Trinajstić information content (AvgIpc) is 2.28. The van der Waals surface area contributed by atoms with E-state index in [1.807, 2.05) is 0 Å². The maximum atomic E-state index is 11.8. The molecule has 0 spiro atoms. The summed E-state index contributed by atoms with van der Waals surface area (Å²) < 4.78 is 26.0. The highest BCUT2D eigenvalue weighted by Crippen LogP contribution is 2.35. The Bertz CT molecular complexity index is 543. The number of carboxylic acid groups (broad SMARTS) is 1. The Hall–Kier alpha value is -1.26. The quantitative estimate of drug-likeness (QED) is 0.842. The van der Waals surface area contributed by atoms with Crippen molar-refractivity contribution < 1.29 is 23.5 Å². The van der Waals surface area contributed by atoms with Gasteiger partial charge in [-0.15, -0.1) is 0 Å². The van der Waals surface area contributed by atoms with Gasteiger partial charge in [-0.2, -0.15) is 0 Å². The lowest BCUT2D eigenvalue weighted by molar-refractivity contribution is -0.139. The summed E-state index contributed by atoms with van der Waals surface area (Å²) in [6.45, 7) is -3.02. The predicted molar refractivity (Wildman–Crippen MR) is 64.2 cm³/mol. The van der Waals surface area contributed by atoms with E-state index in [9.17, 15) is 9.59 Å². The number of benzene rings is 1. The van der Waals surface area contributed by atoms with Crippen LogP contribution >= 0.6 is 23.2 Å². The number of Topliss-reactive ketones (excluding diaryl/α,β-unsaturated/α-hetero) is 1. The number of rotatable bonds is 5. The van der Waals surface area contributed by atoms with Crippen molar-refractivity contribution in [3.05, 3.63) is 27.7 Å². The topological polar surface area (TPSA) is 63.6 Å². The summed E-state index contributed by atoms with van der Waals surface area (Å²) in [6.07, 6.45) is -0.668. The smallest absolute Gasteiger partial charge is 0.341 e. The van der Waals surface area contributed by atoms with E-state index < -0.39 is 31.6 Å². The molecule has 0 aromatic heterocycles. The largest absolute Gasteiger partial charge is 0.480 e. The standard InChI is InChI=1S/C11H10Cl2O4/c1-2-7(14)6-3-4-8(11(13)10(6)12)17-5-9(15)16/h3-4H,2,5H2,1H3,(H,15,16)/i1D3. The Balaban J connectivity index is 2.99. The van der Waals surface area contributed by atoms with Crippen molar-refractivity contribution in [2.75, 3.05) is 6.61 Å². The van der Waals surface area contributed by atoms with Gasteiger partial charge in [0.05, 0.1) is 5.02 Å². The highest BCUT2D eigenvalue weighted by atomic mass is 35.5. The summed E-state index contributed by atoms with van der Waals surface area (Å²) in [5.41, 5.74) is -0.0459. The minimum atomic E-state index is -2.41. The molecule has 0 radical (unpaired) electrons. The molecule has 0 aliphatic rings. The third kappa shape index (κ3) is 3.35.